The number of phenols is 1. The molecule has 0 aromatic heterocycles. The number of benzene rings is 2. The molecule has 3 rings (SSSR count). The molecule has 2 aromatic carbocycles. The van der Waals surface area contributed by atoms with Gasteiger partial charge in [-0.15, -0.1) is 11.8 Å². The van der Waals surface area contributed by atoms with Gasteiger partial charge in [-0.25, -0.2) is 0 Å². The van der Waals surface area contributed by atoms with Crippen LogP contribution in [0.4, 0.5) is 0 Å². The number of ether oxygens (including phenoxy) is 1. The summed E-state index contributed by atoms with van der Waals surface area (Å²) >= 11 is 1.54. The van der Waals surface area contributed by atoms with E-state index < -0.39 is 12.0 Å². The highest BCUT2D eigenvalue weighted by molar-refractivity contribution is 7.99. The maximum atomic E-state index is 11.6. The van der Waals surface area contributed by atoms with Crippen LogP contribution in [0.25, 0.3) is 0 Å². The van der Waals surface area contributed by atoms with E-state index in [9.17, 15) is 15.0 Å². The average Bonchev–Trinajstić information content (AvgIpc) is 2.99. The first-order valence-electron chi connectivity index (χ1n) is 7.61. The van der Waals surface area contributed by atoms with Crippen molar-refractivity contribution in [1.29, 1.82) is 0 Å². The molecule has 6 heteroatoms. The lowest BCUT2D eigenvalue weighted by Crippen LogP contribution is -2.38. The molecule has 0 radical (unpaired) electrons. The molecule has 2 N–H and O–H groups in total. The van der Waals surface area contributed by atoms with Crippen LogP contribution >= 0.6 is 11.8 Å². The second-order valence-corrected chi connectivity index (χ2v) is 6.74. The second-order valence-electron chi connectivity index (χ2n) is 5.62. The molecule has 1 fully saturated rings. The summed E-state index contributed by atoms with van der Waals surface area (Å²) in [6.07, 6.45) is 0. The Morgan fingerprint density at radius 3 is 2.79 bits per heavy atom. The van der Waals surface area contributed by atoms with E-state index in [1.807, 2.05) is 41.3 Å². The average molecular weight is 345 g/mol. The van der Waals surface area contributed by atoms with Crippen LogP contribution in [0, 0.1) is 0 Å². The third-order valence-corrected chi connectivity index (χ3v) is 5.45. The molecule has 1 heterocycles. The Hall–Kier alpha value is -2.18. The predicted molar refractivity (Wildman–Crippen MR) is 93.3 cm³/mol. The zero-order valence-corrected chi connectivity index (χ0v) is 14.1. The number of aliphatic carboxylic acids is 1. The number of carboxylic acids is 1. The summed E-state index contributed by atoms with van der Waals surface area (Å²) in [6.45, 7) is 0.472. The molecule has 0 aliphatic carbocycles. The van der Waals surface area contributed by atoms with E-state index in [-0.39, 0.29) is 11.1 Å². The smallest absolute Gasteiger partial charge is 0.321 e. The first kappa shape index (κ1) is 16.7. The van der Waals surface area contributed by atoms with Gasteiger partial charge in [0.05, 0.1) is 12.5 Å². The normalized spacial score (nSPS) is 20.9. The molecule has 0 bridgehead atoms. The molecule has 2 unspecified atom stereocenters. The number of thioether (sulfide) groups is 1. The zero-order chi connectivity index (χ0) is 17.1. The molecular formula is C18H19NO4S. The quantitative estimate of drug-likeness (QED) is 0.868. The van der Waals surface area contributed by atoms with Gasteiger partial charge in [0, 0.05) is 17.9 Å². The number of hydrogen-bond donors (Lipinski definition) is 2. The summed E-state index contributed by atoms with van der Waals surface area (Å²) in [4.78, 5) is 13.6. The Labute approximate surface area is 144 Å². The van der Waals surface area contributed by atoms with E-state index >= 15 is 0 Å². The number of para-hydroxylation sites is 1. The lowest BCUT2D eigenvalue weighted by atomic mass is 10.1. The highest BCUT2D eigenvalue weighted by Crippen LogP contribution is 2.45. The molecule has 2 atom stereocenters. The molecule has 0 spiro atoms. The monoisotopic (exact) mass is 345 g/mol. The van der Waals surface area contributed by atoms with Crippen molar-refractivity contribution in [1.82, 2.24) is 4.90 Å². The van der Waals surface area contributed by atoms with E-state index in [4.69, 9.17) is 4.74 Å². The number of aromatic hydroxyl groups is 1. The van der Waals surface area contributed by atoms with Gasteiger partial charge in [0.1, 0.15) is 17.5 Å². The first-order valence-corrected chi connectivity index (χ1v) is 8.66. The first-order chi connectivity index (χ1) is 11.6. The Kier molecular flexibility index (Phi) is 4.97. The van der Waals surface area contributed by atoms with Crippen molar-refractivity contribution in [3.05, 3.63) is 59.7 Å². The van der Waals surface area contributed by atoms with Crippen molar-refractivity contribution in [2.24, 2.45) is 0 Å². The lowest BCUT2D eigenvalue weighted by molar-refractivity contribution is -0.142. The van der Waals surface area contributed by atoms with Crippen molar-refractivity contribution in [3.8, 4) is 11.5 Å². The van der Waals surface area contributed by atoms with E-state index in [1.54, 1.807) is 19.2 Å². The van der Waals surface area contributed by atoms with Crippen LogP contribution in [0.2, 0.25) is 0 Å². The fourth-order valence-electron chi connectivity index (χ4n) is 2.89. The number of carbonyl (C=O) groups is 1. The van der Waals surface area contributed by atoms with Gasteiger partial charge >= 0.3 is 5.97 Å². The molecule has 1 saturated heterocycles. The summed E-state index contributed by atoms with van der Waals surface area (Å²) in [5.74, 6) is 0.573. The Balaban J connectivity index is 1.92. The fraction of sp³-hybridized carbons (Fsp3) is 0.278. The number of carboxylic acid groups (broad SMARTS) is 1. The predicted octanol–water partition coefficient (Wildman–Crippen LogP) is 3.10. The Morgan fingerprint density at radius 2 is 2.08 bits per heavy atom. The number of methoxy groups -OCH3 is 1. The van der Waals surface area contributed by atoms with Crippen LogP contribution in [0.1, 0.15) is 16.5 Å². The van der Waals surface area contributed by atoms with E-state index in [2.05, 4.69) is 0 Å². The minimum atomic E-state index is -0.844. The molecular weight excluding hydrogens is 326 g/mol. The summed E-state index contributed by atoms with van der Waals surface area (Å²) in [5, 5.41) is 19.5. The largest absolute Gasteiger partial charge is 0.508 e. The molecule has 5 nitrogen and oxygen atoms in total. The van der Waals surface area contributed by atoms with Crippen molar-refractivity contribution < 1.29 is 19.7 Å². The van der Waals surface area contributed by atoms with Gasteiger partial charge in [-0.3, -0.25) is 9.69 Å². The van der Waals surface area contributed by atoms with Crippen LogP contribution in [0.3, 0.4) is 0 Å². The molecule has 1 aliphatic rings. The molecule has 24 heavy (non-hydrogen) atoms. The van der Waals surface area contributed by atoms with E-state index in [0.29, 0.717) is 12.3 Å². The third-order valence-electron chi connectivity index (χ3n) is 4.10. The Morgan fingerprint density at radius 1 is 1.29 bits per heavy atom. The molecule has 0 saturated carbocycles. The minimum Gasteiger partial charge on any atom is -0.508 e. The molecule has 126 valence electrons. The minimum absolute atomic E-state index is 0.191. The SMILES string of the molecule is COc1cccc(CN2C(C(=O)O)CSC2c2ccccc2O)c1. The van der Waals surface area contributed by atoms with Crippen LogP contribution in [0.15, 0.2) is 48.5 Å². The zero-order valence-electron chi connectivity index (χ0n) is 13.3. The standard InChI is InChI=1S/C18H19NO4S/c1-23-13-6-4-5-12(9-13)10-19-15(18(21)22)11-24-17(19)14-7-2-3-8-16(14)20/h2-9,15,17,20H,10-11H2,1H3,(H,21,22). The van der Waals surface area contributed by atoms with Crippen molar-refractivity contribution in [3.63, 3.8) is 0 Å². The summed E-state index contributed by atoms with van der Waals surface area (Å²) in [5.41, 5.74) is 1.72. The topological polar surface area (TPSA) is 70.0 Å². The van der Waals surface area contributed by atoms with Crippen LogP contribution < -0.4 is 4.74 Å². The highest BCUT2D eigenvalue weighted by atomic mass is 32.2. The number of hydrogen-bond acceptors (Lipinski definition) is 5. The highest BCUT2D eigenvalue weighted by Gasteiger charge is 2.40. The number of phenolic OH excluding ortho intramolecular Hbond substituents is 1. The maximum Gasteiger partial charge on any atom is 0.321 e. The van der Waals surface area contributed by atoms with Crippen molar-refractivity contribution in [2.75, 3.05) is 12.9 Å². The molecule has 2 aromatic rings. The molecule has 1 aliphatic heterocycles. The Bertz CT molecular complexity index is 736. The van der Waals surface area contributed by atoms with Crippen LogP contribution in [-0.2, 0) is 11.3 Å². The molecule has 0 amide bonds. The van der Waals surface area contributed by atoms with Crippen molar-refractivity contribution in [2.45, 2.75) is 18.0 Å². The van der Waals surface area contributed by atoms with Gasteiger partial charge in [0.25, 0.3) is 0 Å². The van der Waals surface area contributed by atoms with Gasteiger partial charge in [0.2, 0.25) is 0 Å². The van der Waals surface area contributed by atoms with Crippen LogP contribution in [0.5, 0.6) is 11.5 Å². The maximum absolute atomic E-state index is 11.6. The van der Waals surface area contributed by atoms with Crippen molar-refractivity contribution >= 4 is 17.7 Å². The van der Waals surface area contributed by atoms with E-state index in [1.165, 1.54) is 11.8 Å². The third kappa shape index (κ3) is 3.34. The fourth-order valence-corrected chi connectivity index (χ4v) is 4.38. The summed E-state index contributed by atoms with van der Waals surface area (Å²) < 4.78 is 5.24. The summed E-state index contributed by atoms with van der Waals surface area (Å²) in [7, 11) is 1.61. The van der Waals surface area contributed by atoms with Gasteiger partial charge in [-0.1, -0.05) is 30.3 Å². The lowest BCUT2D eigenvalue weighted by Gasteiger charge is -2.28. The summed E-state index contributed by atoms with van der Waals surface area (Å²) in [6, 6.07) is 14.1. The number of rotatable bonds is 5. The van der Waals surface area contributed by atoms with E-state index in [0.717, 1.165) is 16.9 Å². The van der Waals surface area contributed by atoms with Gasteiger partial charge in [0.15, 0.2) is 0 Å². The number of nitrogens with zero attached hydrogens (tertiary/aromatic N) is 1. The van der Waals surface area contributed by atoms with Crippen LogP contribution in [-0.4, -0.2) is 40.0 Å². The van der Waals surface area contributed by atoms with Gasteiger partial charge in [-0.2, -0.15) is 0 Å². The second kappa shape index (κ2) is 7.15. The van der Waals surface area contributed by atoms with Gasteiger partial charge in [-0.05, 0) is 23.8 Å². The van der Waals surface area contributed by atoms with Gasteiger partial charge < -0.3 is 14.9 Å².